The van der Waals surface area contributed by atoms with E-state index >= 15 is 0 Å². The van der Waals surface area contributed by atoms with Crippen LogP contribution in [-0.2, 0) is 16.0 Å². The second-order valence-corrected chi connectivity index (χ2v) is 5.40. The first-order valence-corrected chi connectivity index (χ1v) is 7.32. The zero-order valence-corrected chi connectivity index (χ0v) is 12.0. The van der Waals surface area contributed by atoms with Crippen molar-refractivity contribution in [1.29, 1.82) is 0 Å². The number of carboxylic acids is 1. The van der Waals surface area contributed by atoms with Crippen molar-refractivity contribution in [3.05, 3.63) is 35.4 Å². The largest absolute Gasteiger partial charge is 0.478 e. The van der Waals surface area contributed by atoms with E-state index in [1.807, 2.05) is 0 Å². The van der Waals surface area contributed by atoms with Crippen LogP contribution in [0.25, 0.3) is 0 Å². The minimum Gasteiger partial charge on any atom is -0.478 e. The average molecular weight is 291 g/mol. The Kier molecular flexibility index (Phi) is 5.75. The highest BCUT2D eigenvalue weighted by atomic mass is 16.5. The third-order valence-corrected chi connectivity index (χ3v) is 3.69. The summed E-state index contributed by atoms with van der Waals surface area (Å²) in [5, 5.41) is 11.7. The Labute approximate surface area is 124 Å². The molecule has 1 heterocycles. The SMILES string of the molecule is O=C(Cc1ccc(C(=O)O)cc1)NCCC1CCCOC1. The first kappa shape index (κ1) is 15.5. The van der Waals surface area contributed by atoms with E-state index in [2.05, 4.69) is 5.32 Å². The molecule has 0 aromatic heterocycles. The van der Waals surface area contributed by atoms with Gasteiger partial charge in [0.15, 0.2) is 0 Å². The molecule has 114 valence electrons. The summed E-state index contributed by atoms with van der Waals surface area (Å²) in [7, 11) is 0. The average Bonchev–Trinajstić information content (AvgIpc) is 2.49. The van der Waals surface area contributed by atoms with Crippen LogP contribution >= 0.6 is 0 Å². The van der Waals surface area contributed by atoms with Crippen molar-refractivity contribution in [1.82, 2.24) is 5.32 Å². The first-order valence-electron chi connectivity index (χ1n) is 7.32. The van der Waals surface area contributed by atoms with Gasteiger partial charge in [0.1, 0.15) is 0 Å². The van der Waals surface area contributed by atoms with Gasteiger partial charge in [-0.25, -0.2) is 4.79 Å². The fraction of sp³-hybridized carbons (Fsp3) is 0.500. The van der Waals surface area contributed by atoms with Gasteiger partial charge in [-0.2, -0.15) is 0 Å². The van der Waals surface area contributed by atoms with Gasteiger partial charge in [0, 0.05) is 19.8 Å². The Hall–Kier alpha value is -1.88. The standard InChI is InChI=1S/C16H21NO4/c18-15(17-8-7-13-2-1-9-21-11-13)10-12-3-5-14(6-4-12)16(19)20/h3-6,13H,1-2,7-11H2,(H,17,18)(H,19,20). The number of nitrogens with one attached hydrogen (secondary N) is 1. The molecule has 21 heavy (non-hydrogen) atoms. The molecule has 2 N–H and O–H groups in total. The quantitative estimate of drug-likeness (QED) is 0.839. The fourth-order valence-corrected chi connectivity index (χ4v) is 2.46. The minimum atomic E-state index is -0.958. The van der Waals surface area contributed by atoms with Crippen molar-refractivity contribution < 1.29 is 19.4 Å². The van der Waals surface area contributed by atoms with Gasteiger partial charge in [-0.1, -0.05) is 12.1 Å². The van der Waals surface area contributed by atoms with Crippen molar-refractivity contribution in [3.63, 3.8) is 0 Å². The molecule has 0 radical (unpaired) electrons. The van der Waals surface area contributed by atoms with Crippen LogP contribution in [0.3, 0.4) is 0 Å². The van der Waals surface area contributed by atoms with Crippen molar-refractivity contribution >= 4 is 11.9 Å². The number of ether oxygens (including phenoxy) is 1. The molecule has 1 atom stereocenters. The zero-order chi connectivity index (χ0) is 15.1. The van der Waals surface area contributed by atoms with Crippen LogP contribution in [0, 0.1) is 5.92 Å². The summed E-state index contributed by atoms with van der Waals surface area (Å²) in [6, 6.07) is 6.39. The minimum absolute atomic E-state index is 0.0326. The fourth-order valence-electron chi connectivity index (χ4n) is 2.46. The van der Waals surface area contributed by atoms with E-state index in [4.69, 9.17) is 9.84 Å². The molecule has 0 spiro atoms. The lowest BCUT2D eigenvalue weighted by atomic mass is 9.99. The van der Waals surface area contributed by atoms with Gasteiger partial charge in [-0.15, -0.1) is 0 Å². The maximum atomic E-state index is 11.8. The Morgan fingerprint density at radius 2 is 2.05 bits per heavy atom. The molecule has 0 bridgehead atoms. The topological polar surface area (TPSA) is 75.6 Å². The van der Waals surface area contributed by atoms with Gasteiger partial charge < -0.3 is 15.2 Å². The zero-order valence-electron chi connectivity index (χ0n) is 12.0. The summed E-state index contributed by atoms with van der Waals surface area (Å²) in [5.41, 5.74) is 1.05. The van der Waals surface area contributed by atoms with Gasteiger partial charge in [0.25, 0.3) is 0 Å². The van der Waals surface area contributed by atoms with E-state index in [-0.39, 0.29) is 17.9 Å². The molecule has 5 heteroatoms. The highest BCUT2D eigenvalue weighted by Crippen LogP contribution is 2.16. The van der Waals surface area contributed by atoms with E-state index < -0.39 is 5.97 Å². The van der Waals surface area contributed by atoms with E-state index in [9.17, 15) is 9.59 Å². The Bertz CT molecular complexity index is 478. The number of carbonyl (C=O) groups excluding carboxylic acids is 1. The Morgan fingerprint density at radius 1 is 1.29 bits per heavy atom. The third-order valence-electron chi connectivity index (χ3n) is 3.69. The highest BCUT2D eigenvalue weighted by molar-refractivity contribution is 5.87. The molecule has 1 amide bonds. The molecule has 5 nitrogen and oxygen atoms in total. The normalized spacial score (nSPS) is 18.2. The van der Waals surface area contributed by atoms with Crippen LogP contribution in [0.5, 0.6) is 0 Å². The molecule has 0 aliphatic carbocycles. The second-order valence-electron chi connectivity index (χ2n) is 5.40. The number of carboxylic acid groups (broad SMARTS) is 1. The van der Waals surface area contributed by atoms with E-state index in [0.29, 0.717) is 12.5 Å². The van der Waals surface area contributed by atoms with Crippen LogP contribution in [-0.4, -0.2) is 36.7 Å². The molecule has 1 saturated heterocycles. The Balaban J connectivity index is 1.70. The van der Waals surface area contributed by atoms with Crippen molar-refractivity contribution in [2.45, 2.75) is 25.7 Å². The summed E-state index contributed by atoms with van der Waals surface area (Å²) in [6.07, 6.45) is 3.51. The lowest BCUT2D eigenvalue weighted by Gasteiger charge is -2.21. The van der Waals surface area contributed by atoms with Gasteiger partial charge in [-0.3, -0.25) is 4.79 Å². The van der Waals surface area contributed by atoms with Crippen molar-refractivity contribution in [2.24, 2.45) is 5.92 Å². The monoisotopic (exact) mass is 291 g/mol. The van der Waals surface area contributed by atoms with Crippen LogP contribution in [0.15, 0.2) is 24.3 Å². The summed E-state index contributed by atoms with van der Waals surface area (Å²) in [5.74, 6) is -0.440. The highest BCUT2D eigenvalue weighted by Gasteiger charge is 2.13. The molecular weight excluding hydrogens is 270 g/mol. The lowest BCUT2D eigenvalue weighted by molar-refractivity contribution is -0.120. The molecule has 1 aliphatic rings. The van der Waals surface area contributed by atoms with E-state index in [0.717, 1.165) is 31.6 Å². The van der Waals surface area contributed by atoms with Crippen LogP contribution in [0.2, 0.25) is 0 Å². The molecule has 1 aliphatic heterocycles. The smallest absolute Gasteiger partial charge is 0.335 e. The summed E-state index contributed by atoms with van der Waals surface area (Å²) in [4.78, 5) is 22.6. The summed E-state index contributed by atoms with van der Waals surface area (Å²) < 4.78 is 5.41. The number of benzene rings is 1. The van der Waals surface area contributed by atoms with Gasteiger partial charge in [0.05, 0.1) is 12.0 Å². The number of rotatable bonds is 6. The molecule has 1 aromatic carbocycles. The third kappa shape index (κ3) is 5.19. The molecule has 2 rings (SSSR count). The van der Waals surface area contributed by atoms with Crippen molar-refractivity contribution in [3.8, 4) is 0 Å². The van der Waals surface area contributed by atoms with Gasteiger partial charge in [-0.05, 0) is 42.9 Å². The van der Waals surface area contributed by atoms with E-state index in [1.54, 1.807) is 12.1 Å². The summed E-state index contributed by atoms with van der Waals surface area (Å²) >= 11 is 0. The predicted octanol–water partition coefficient (Wildman–Crippen LogP) is 1.86. The van der Waals surface area contributed by atoms with Crippen LogP contribution in [0.4, 0.5) is 0 Å². The number of amides is 1. The number of aromatic carboxylic acids is 1. The van der Waals surface area contributed by atoms with Crippen LogP contribution in [0.1, 0.15) is 35.2 Å². The number of carbonyl (C=O) groups is 2. The molecule has 1 aromatic rings. The van der Waals surface area contributed by atoms with Crippen molar-refractivity contribution in [2.75, 3.05) is 19.8 Å². The molecule has 0 saturated carbocycles. The van der Waals surface area contributed by atoms with Gasteiger partial charge >= 0.3 is 5.97 Å². The predicted molar refractivity (Wildman–Crippen MR) is 78.3 cm³/mol. The number of hydrogen-bond donors (Lipinski definition) is 2. The van der Waals surface area contributed by atoms with Crippen LogP contribution < -0.4 is 5.32 Å². The Morgan fingerprint density at radius 3 is 2.67 bits per heavy atom. The molecular formula is C16H21NO4. The summed E-state index contributed by atoms with van der Waals surface area (Å²) in [6.45, 7) is 2.32. The molecule has 1 fully saturated rings. The maximum absolute atomic E-state index is 11.8. The number of hydrogen-bond acceptors (Lipinski definition) is 3. The molecule has 1 unspecified atom stereocenters. The second kappa shape index (κ2) is 7.78. The first-order chi connectivity index (χ1) is 10.1. The maximum Gasteiger partial charge on any atom is 0.335 e. The van der Waals surface area contributed by atoms with E-state index in [1.165, 1.54) is 18.6 Å². The lowest BCUT2D eigenvalue weighted by Crippen LogP contribution is -2.29. The van der Waals surface area contributed by atoms with Gasteiger partial charge in [0.2, 0.25) is 5.91 Å².